The lowest BCUT2D eigenvalue weighted by atomic mass is 9.68. The number of rotatable bonds is 3. The van der Waals surface area contributed by atoms with Gasteiger partial charge in [0, 0.05) is 5.54 Å². The third-order valence-corrected chi connectivity index (χ3v) is 5.58. The average molecular weight is 253 g/mol. The first-order chi connectivity index (χ1) is 8.56. The van der Waals surface area contributed by atoms with Crippen LogP contribution < -0.4 is 0 Å². The summed E-state index contributed by atoms with van der Waals surface area (Å²) in [5, 5.41) is 11.0. The summed E-state index contributed by atoms with van der Waals surface area (Å²) in [7, 11) is 4.33. The van der Waals surface area contributed by atoms with Crippen molar-refractivity contribution in [1.29, 1.82) is 0 Å². The highest BCUT2D eigenvalue weighted by atomic mass is 16.3. The SMILES string of the molecule is CC1CCCC(C(O)C2(N(C)C)CCCCC2)C1. The molecule has 0 spiro atoms. The fourth-order valence-corrected chi connectivity index (χ4v) is 4.38. The summed E-state index contributed by atoms with van der Waals surface area (Å²) in [6, 6.07) is 0. The van der Waals surface area contributed by atoms with Crippen molar-refractivity contribution in [3.8, 4) is 0 Å². The van der Waals surface area contributed by atoms with E-state index in [1.54, 1.807) is 0 Å². The van der Waals surface area contributed by atoms with E-state index in [-0.39, 0.29) is 11.6 Å². The first-order valence-corrected chi connectivity index (χ1v) is 7.92. The minimum absolute atomic E-state index is 0.0694. The molecule has 2 rings (SSSR count). The Labute approximate surface area is 113 Å². The van der Waals surface area contributed by atoms with Crippen molar-refractivity contribution in [2.45, 2.75) is 76.4 Å². The van der Waals surface area contributed by atoms with Gasteiger partial charge in [-0.3, -0.25) is 0 Å². The topological polar surface area (TPSA) is 23.5 Å². The van der Waals surface area contributed by atoms with E-state index in [1.807, 2.05) is 0 Å². The molecule has 2 fully saturated rings. The molecule has 2 saturated carbocycles. The predicted molar refractivity (Wildman–Crippen MR) is 76.6 cm³/mol. The standard InChI is InChI=1S/C16H31NO/c1-13-8-7-9-14(12-13)15(18)16(17(2)3)10-5-4-6-11-16/h13-15,18H,4-12H2,1-3H3. The molecule has 106 valence electrons. The Bertz CT molecular complexity index is 258. The Kier molecular flexibility index (Phi) is 4.71. The summed E-state index contributed by atoms with van der Waals surface area (Å²) in [6.07, 6.45) is 11.3. The van der Waals surface area contributed by atoms with E-state index in [1.165, 1.54) is 57.8 Å². The maximum atomic E-state index is 11.0. The molecule has 0 bridgehead atoms. The largest absolute Gasteiger partial charge is 0.391 e. The molecular weight excluding hydrogens is 222 g/mol. The highest BCUT2D eigenvalue weighted by Gasteiger charge is 2.44. The first-order valence-electron chi connectivity index (χ1n) is 7.92. The van der Waals surface area contributed by atoms with Crippen LogP contribution in [0.25, 0.3) is 0 Å². The minimum atomic E-state index is -0.115. The predicted octanol–water partition coefficient (Wildman–Crippen LogP) is 3.44. The molecule has 0 aliphatic heterocycles. The minimum Gasteiger partial charge on any atom is -0.391 e. The van der Waals surface area contributed by atoms with Crippen molar-refractivity contribution >= 4 is 0 Å². The number of hydrogen-bond acceptors (Lipinski definition) is 2. The zero-order valence-electron chi connectivity index (χ0n) is 12.5. The van der Waals surface area contributed by atoms with Crippen molar-refractivity contribution in [3.05, 3.63) is 0 Å². The molecule has 0 aromatic heterocycles. The van der Waals surface area contributed by atoms with Crippen molar-refractivity contribution in [2.24, 2.45) is 11.8 Å². The monoisotopic (exact) mass is 253 g/mol. The first kappa shape index (κ1) is 14.3. The molecule has 0 heterocycles. The molecule has 3 unspecified atom stereocenters. The molecule has 0 amide bonds. The fourth-order valence-electron chi connectivity index (χ4n) is 4.38. The Hall–Kier alpha value is -0.0800. The zero-order chi connectivity index (χ0) is 13.2. The maximum absolute atomic E-state index is 11.0. The van der Waals surface area contributed by atoms with Crippen LogP contribution in [0.5, 0.6) is 0 Å². The van der Waals surface area contributed by atoms with Crippen LogP contribution in [0.3, 0.4) is 0 Å². The van der Waals surface area contributed by atoms with Crippen molar-refractivity contribution in [1.82, 2.24) is 4.90 Å². The van der Waals surface area contributed by atoms with Crippen LogP contribution in [-0.2, 0) is 0 Å². The highest BCUT2D eigenvalue weighted by Crippen LogP contribution is 2.42. The van der Waals surface area contributed by atoms with E-state index in [0.29, 0.717) is 5.92 Å². The molecule has 3 atom stereocenters. The highest BCUT2D eigenvalue weighted by molar-refractivity contribution is 5.00. The molecule has 2 aliphatic rings. The zero-order valence-corrected chi connectivity index (χ0v) is 12.5. The molecule has 2 heteroatoms. The van der Waals surface area contributed by atoms with E-state index in [0.717, 1.165) is 5.92 Å². The van der Waals surface area contributed by atoms with E-state index in [4.69, 9.17) is 0 Å². The Morgan fingerprint density at radius 1 is 1.06 bits per heavy atom. The lowest BCUT2D eigenvalue weighted by Gasteiger charge is -2.50. The van der Waals surface area contributed by atoms with Crippen molar-refractivity contribution in [2.75, 3.05) is 14.1 Å². The van der Waals surface area contributed by atoms with Gasteiger partial charge in [-0.25, -0.2) is 0 Å². The van der Waals surface area contributed by atoms with Gasteiger partial charge in [0.05, 0.1) is 6.10 Å². The van der Waals surface area contributed by atoms with Crippen LogP contribution in [0.1, 0.15) is 64.7 Å². The van der Waals surface area contributed by atoms with Gasteiger partial charge in [0.15, 0.2) is 0 Å². The molecule has 1 N–H and O–H groups in total. The van der Waals surface area contributed by atoms with Crippen molar-refractivity contribution in [3.63, 3.8) is 0 Å². The van der Waals surface area contributed by atoms with Crippen LogP contribution >= 0.6 is 0 Å². The van der Waals surface area contributed by atoms with Gasteiger partial charge in [-0.1, -0.05) is 39.0 Å². The lowest BCUT2D eigenvalue weighted by Crippen LogP contribution is -2.57. The van der Waals surface area contributed by atoms with Crippen LogP contribution in [0.2, 0.25) is 0 Å². The molecule has 18 heavy (non-hydrogen) atoms. The molecule has 0 radical (unpaired) electrons. The Morgan fingerprint density at radius 2 is 1.72 bits per heavy atom. The van der Waals surface area contributed by atoms with Gasteiger partial charge in [0.1, 0.15) is 0 Å². The van der Waals surface area contributed by atoms with E-state index in [9.17, 15) is 5.11 Å². The third kappa shape index (κ3) is 2.75. The van der Waals surface area contributed by atoms with Gasteiger partial charge in [-0.15, -0.1) is 0 Å². The second kappa shape index (κ2) is 5.92. The normalized spacial score (nSPS) is 34.5. The molecule has 2 nitrogen and oxygen atoms in total. The number of likely N-dealkylation sites (N-methyl/N-ethyl adjacent to an activating group) is 1. The Balaban J connectivity index is 2.09. The number of hydrogen-bond donors (Lipinski definition) is 1. The van der Waals surface area contributed by atoms with Gasteiger partial charge in [-0.05, 0) is 51.6 Å². The lowest BCUT2D eigenvalue weighted by molar-refractivity contribution is -0.0732. The van der Waals surface area contributed by atoms with Crippen LogP contribution in [-0.4, -0.2) is 35.7 Å². The van der Waals surface area contributed by atoms with Crippen LogP contribution in [0, 0.1) is 11.8 Å². The van der Waals surface area contributed by atoms with E-state index >= 15 is 0 Å². The number of nitrogens with zero attached hydrogens (tertiary/aromatic N) is 1. The third-order valence-electron chi connectivity index (χ3n) is 5.58. The van der Waals surface area contributed by atoms with Gasteiger partial charge in [0.25, 0.3) is 0 Å². The van der Waals surface area contributed by atoms with Gasteiger partial charge >= 0.3 is 0 Å². The summed E-state index contributed by atoms with van der Waals surface area (Å²) in [4.78, 5) is 2.33. The fraction of sp³-hybridized carbons (Fsp3) is 1.00. The second-order valence-corrected chi connectivity index (χ2v) is 7.04. The summed E-state index contributed by atoms with van der Waals surface area (Å²) in [5.41, 5.74) is 0.0694. The molecule has 0 aromatic rings. The number of aliphatic hydroxyl groups is 1. The summed E-state index contributed by atoms with van der Waals surface area (Å²) >= 11 is 0. The molecule has 0 saturated heterocycles. The summed E-state index contributed by atoms with van der Waals surface area (Å²) < 4.78 is 0. The molecule has 2 aliphatic carbocycles. The number of aliphatic hydroxyl groups excluding tert-OH is 1. The quantitative estimate of drug-likeness (QED) is 0.833. The summed E-state index contributed by atoms with van der Waals surface area (Å²) in [5.74, 6) is 1.34. The molecule has 0 aromatic carbocycles. The summed E-state index contributed by atoms with van der Waals surface area (Å²) in [6.45, 7) is 2.35. The van der Waals surface area contributed by atoms with Crippen LogP contribution in [0.4, 0.5) is 0 Å². The van der Waals surface area contributed by atoms with Crippen LogP contribution in [0.15, 0.2) is 0 Å². The van der Waals surface area contributed by atoms with Gasteiger partial charge < -0.3 is 10.0 Å². The maximum Gasteiger partial charge on any atom is 0.0751 e. The van der Waals surface area contributed by atoms with E-state index < -0.39 is 0 Å². The van der Waals surface area contributed by atoms with Crippen molar-refractivity contribution < 1.29 is 5.11 Å². The molecular formula is C16H31NO. The smallest absolute Gasteiger partial charge is 0.0751 e. The Morgan fingerprint density at radius 3 is 2.28 bits per heavy atom. The second-order valence-electron chi connectivity index (χ2n) is 7.04. The average Bonchev–Trinajstić information content (AvgIpc) is 2.38. The van der Waals surface area contributed by atoms with Gasteiger partial charge in [0.2, 0.25) is 0 Å². The van der Waals surface area contributed by atoms with Gasteiger partial charge in [-0.2, -0.15) is 0 Å². The van der Waals surface area contributed by atoms with E-state index in [2.05, 4.69) is 25.9 Å².